The fourth-order valence-corrected chi connectivity index (χ4v) is 3.48. The molecule has 1 saturated carbocycles. The average Bonchev–Trinajstić information content (AvgIpc) is 3.26. The quantitative estimate of drug-likeness (QED) is 0.807. The van der Waals surface area contributed by atoms with E-state index in [2.05, 4.69) is 25.2 Å². The van der Waals surface area contributed by atoms with Gasteiger partial charge in [-0.25, -0.2) is 4.98 Å². The van der Waals surface area contributed by atoms with Crippen LogP contribution in [-0.4, -0.2) is 51.5 Å². The first-order valence-corrected chi connectivity index (χ1v) is 9.34. The number of nitrogens with zero attached hydrogens (tertiary/aromatic N) is 4. The number of carbonyl (C=O) groups is 1. The molecule has 11 heteroatoms. The number of nitrogens with one attached hydrogen (secondary N) is 1. The Balaban J connectivity index is 1.34. The van der Waals surface area contributed by atoms with Crippen molar-refractivity contribution < 1.29 is 27.1 Å². The smallest absolute Gasteiger partial charge is 0.403 e. The minimum atomic E-state index is -4.81. The number of halogens is 3. The molecule has 1 spiro atoms. The van der Waals surface area contributed by atoms with Crippen LogP contribution in [0.1, 0.15) is 32.6 Å². The minimum absolute atomic E-state index is 0.0319. The molecule has 2 aromatic heterocycles. The molecular formula is C18H20F3N5O3. The fraction of sp³-hybridized carbons (Fsp3) is 0.556. The second kappa shape index (κ2) is 7.20. The summed E-state index contributed by atoms with van der Waals surface area (Å²) in [5.41, 5.74) is 0.814. The average molecular weight is 411 g/mol. The zero-order valence-electron chi connectivity index (χ0n) is 15.7. The Morgan fingerprint density at radius 3 is 2.55 bits per heavy atom. The van der Waals surface area contributed by atoms with E-state index in [-0.39, 0.29) is 17.8 Å². The first-order valence-electron chi connectivity index (χ1n) is 9.34. The van der Waals surface area contributed by atoms with Gasteiger partial charge in [0, 0.05) is 25.4 Å². The predicted molar refractivity (Wildman–Crippen MR) is 94.8 cm³/mol. The largest absolute Gasteiger partial charge is 0.574 e. The monoisotopic (exact) mass is 411 g/mol. The molecule has 1 N–H and O–H groups in total. The van der Waals surface area contributed by atoms with E-state index in [0.717, 1.165) is 38.2 Å². The first kappa shape index (κ1) is 19.5. The molecule has 1 amide bonds. The number of aromatic nitrogens is 3. The van der Waals surface area contributed by atoms with Crippen LogP contribution in [-0.2, 0) is 4.79 Å². The number of pyridine rings is 1. The second-order valence-electron chi connectivity index (χ2n) is 7.54. The van der Waals surface area contributed by atoms with E-state index in [1.165, 1.54) is 18.9 Å². The van der Waals surface area contributed by atoms with Gasteiger partial charge in [-0.1, -0.05) is 5.10 Å². The summed E-state index contributed by atoms with van der Waals surface area (Å²) in [6.07, 6.45) is 0.965. The summed E-state index contributed by atoms with van der Waals surface area (Å²) in [6.45, 7) is 3.24. The zero-order valence-corrected chi connectivity index (χ0v) is 15.7. The molecule has 2 aliphatic rings. The van der Waals surface area contributed by atoms with Gasteiger partial charge < -0.3 is 19.4 Å². The normalized spacial score (nSPS) is 19.1. The van der Waals surface area contributed by atoms with Crippen LogP contribution in [0.5, 0.6) is 5.88 Å². The number of alkyl halides is 3. The third kappa shape index (κ3) is 4.60. The van der Waals surface area contributed by atoms with Crippen LogP contribution >= 0.6 is 0 Å². The maximum Gasteiger partial charge on any atom is 0.574 e. The molecule has 1 atom stereocenters. The minimum Gasteiger partial charge on any atom is -0.403 e. The highest BCUT2D eigenvalue weighted by Crippen LogP contribution is 2.53. The highest BCUT2D eigenvalue weighted by atomic mass is 19.4. The molecule has 8 nitrogen and oxygen atoms in total. The van der Waals surface area contributed by atoms with Gasteiger partial charge in [-0.15, -0.1) is 18.3 Å². The number of hydrogen-bond acceptors (Lipinski definition) is 7. The number of likely N-dealkylation sites (tertiary alicyclic amines) is 1. The Kier molecular flexibility index (Phi) is 4.83. The summed E-state index contributed by atoms with van der Waals surface area (Å²) in [5, 5.41) is 10.6. The summed E-state index contributed by atoms with van der Waals surface area (Å²) in [6, 6.07) is 1.88. The van der Waals surface area contributed by atoms with Gasteiger partial charge in [0.2, 0.25) is 11.8 Å². The van der Waals surface area contributed by atoms with E-state index in [4.69, 9.17) is 4.42 Å². The van der Waals surface area contributed by atoms with Crippen molar-refractivity contribution in [1.82, 2.24) is 20.1 Å². The van der Waals surface area contributed by atoms with Crippen LogP contribution in [0.3, 0.4) is 0 Å². The highest BCUT2D eigenvalue weighted by Gasteiger charge is 2.45. The van der Waals surface area contributed by atoms with Crippen molar-refractivity contribution in [2.24, 2.45) is 5.41 Å². The first-order chi connectivity index (χ1) is 13.7. The summed E-state index contributed by atoms with van der Waals surface area (Å²) in [5.74, 6) is -0.560. The summed E-state index contributed by atoms with van der Waals surface area (Å²) < 4.78 is 45.7. The van der Waals surface area contributed by atoms with Crippen LogP contribution in [0.25, 0.3) is 11.5 Å². The Morgan fingerprint density at radius 2 is 1.97 bits per heavy atom. The van der Waals surface area contributed by atoms with Gasteiger partial charge in [0.05, 0.1) is 5.56 Å². The van der Waals surface area contributed by atoms with E-state index in [1.807, 2.05) is 4.90 Å². The van der Waals surface area contributed by atoms with Crippen LogP contribution in [0.15, 0.2) is 22.7 Å². The van der Waals surface area contributed by atoms with Gasteiger partial charge in [-0.3, -0.25) is 4.79 Å². The lowest BCUT2D eigenvalue weighted by molar-refractivity contribution is -0.276. The molecule has 0 unspecified atom stereocenters. The van der Waals surface area contributed by atoms with E-state index in [1.54, 1.807) is 6.92 Å². The number of ether oxygens (including phenoxy) is 1. The molecule has 3 heterocycles. The highest BCUT2D eigenvalue weighted by molar-refractivity contribution is 5.83. The van der Waals surface area contributed by atoms with Gasteiger partial charge in [0.1, 0.15) is 6.04 Å². The van der Waals surface area contributed by atoms with E-state index in [0.29, 0.717) is 11.0 Å². The number of amides is 1. The molecule has 0 radical (unpaired) electrons. The molecule has 1 aliphatic heterocycles. The van der Waals surface area contributed by atoms with Crippen molar-refractivity contribution in [2.45, 2.75) is 45.0 Å². The Morgan fingerprint density at radius 1 is 1.24 bits per heavy atom. The van der Waals surface area contributed by atoms with Gasteiger partial charge >= 0.3 is 12.4 Å². The van der Waals surface area contributed by atoms with Crippen LogP contribution < -0.4 is 10.1 Å². The van der Waals surface area contributed by atoms with Crippen molar-refractivity contribution in [3.05, 3.63) is 18.3 Å². The summed E-state index contributed by atoms with van der Waals surface area (Å²) in [7, 11) is 0. The van der Waals surface area contributed by atoms with E-state index in [9.17, 15) is 18.0 Å². The van der Waals surface area contributed by atoms with Crippen LogP contribution in [0, 0.1) is 5.41 Å². The number of anilines is 1. The Hall–Kier alpha value is -2.85. The SMILES string of the molecule is C[C@@H](Nc1nnc(-c2ccc(OC(F)(F)F)nc2)o1)C(=O)N1CCC2(CC1)CC2. The molecule has 2 fully saturated rings. The Labute approximate surface area is 164 Å². The second-order valence-corrected chi connectivity index (χ2v) is 7.54. The van der Waals surface area contributed by atoms with Crippen molar-refractivity contribution in [1.29, 1.82) is 0 Å². The van der Waals surface area contributed by atoms with Crippen LogP contribution in [0.4, 0.5) is 19.2 Å². The van der Waals surface area contributed by atoms with Gasteiger partial charge in [0.25, 0.3) is 5.89 Å². The topological polar surface area (TPSA) is 93.4 Å². The van der Waals surface area contributed by atoms with Crippen molar-refractivity contribution in [3.63, 3.8) is 0 Å². The molecule has 4 rings (SSSR count). The molecular weight excluding hydrogens is 391 g/mol. The number of piperidine rings is 1. The third-order valence-electron chi connectivity index (χ3n) is 5.43. The van der Waals surface area contributed by atoms with Crippen molar-refractivity contribution in [3.8, 4) is 17.3 Å². The number of hydrogen-bond donors (Lipinski definition) is 1. The number of rotatable bonds is 5. The molecule has 0 bridgehead atoms. The Bertz CT molecular complexity index is 870. The fourth-order valence-electron chi connectivity index (χ4n) is 3.48. The number of carbonyl (C=O) groups excluding carboxylic acids is 1. The zero-order chi connectivity index (χ0) is 20.6. The lowest BCUT2D eigenvalue weighted by Crippen LogP contribution is -2.45. The maximum atomic E-state index is 12.6. The van der Waals surface area contributed by atoms with Crippen molar-refractivity contribution in [2.75, 3.05) is 18.4 Å². The predicted octanol–water partition coefficient (Wildman–Crippen LogP) is 3.23. The van der Waals surface area contributed by atoms with E-state index >= 15 is 0 Å². The lowest BCUT2D eigenvalue weighted by atomic mass is 9.93. The van der Waals surface area contributed by atoms with Gasteiger partial charge in [0.15, 0.2) is 0 Å². The molecule has 1 saturated heterocycles. The molecule has 2 aromatic rings. The lowest BCUT2D eigenvalue weighted by Gasteiger charge is -2.33. The van der Waals surface area contributed by atoms with Crippen molar-refractivity contribution >= 4 is 11.9 Å². The van der Waals surface area contributed by atoms with Gasteiger partial charge in [-0.2, -0.15) is 0 Å². The summed E-state index contributed by atoms with van der Waals surface area (Å²) in [4.78, 5) is 18.0. The maximum absolute atomic E-state index is 12.6. The standard InChI is InChI=1S/C18H20F3N5O3/c1-11(15(27)26-8-6-17(4-5-17)7-9-26)23-16-25-24-14(28-16)12-2-3-13(22-10-12)29-18(19,20)21/h2-3,10-11H,4-9H2,1H3,(H,23,25)/t11-/m1/s1. The summed E-state index contributed by atoms with van der Waals surface area (Å²) >= 11 is 0. The van der Waals surface area contributed by atoms with Gasteiger partial charge in [-0.05, 0) is 44.1 Å². The molecule has 1 aliphatic carbocycles. The van der Waals surface area contributed by atoms with E-state index < -0.39 is 18.3 Å². The molecule has 29 heavy (non-hydrogen) atoms. The third-order valence-corrected chi connectivity index (χ3v) is 5.43. The molecule has 0 aromatic carbocycles. The molecule has 156 valence electrons. The van der Waals surface area contributed by atoms with Crippen LogP contribution in [0.2, 0.25) is 0 Å².